The summed E-state index contributed by atoms with van der Waals surface area (Å²) in [5, 5.41) is 0. The molecule has 1 heterocycles. The molecule has 1 aromatic carbocycles. The third-order valence-electron chi connectivity index (χ3n) is 3.48. The fourth-order valence-corrected chi connectivity index (χ4v) is 3.07. The summed E-state index contributed by atoms with van der Waals surface area (Å²) in [5.41, 5.74) is 8.49. The normalized spacial score (nSPS) is 26.2. The van der Waals surface area contributed by atoms with Crippen LogP contribution in [0.4, 0.5) is 0 Å². The molecule has 1 aliphatic heterocycles. The molecule has 0 spiro atoms. The standard InChI is InChI=1S/C13H19BrN2/c1-9-3-4-12(14)11(5-9)13-6-10(7-15)8-16(13)2/h3-5,10,13H,6-8,15H2,1-2H3. The first-order valence-electron chi connectivity index (χ1n) is 5.78. The molecular weight excluding hydrogens is 264 g/mol. The number of benzene rings is 1. The van der Waals surface area contributed by atoms with Crippen LogP contribution in [-0.2, 0) is 0 Å². The zero-order chi connectivity index (χ0) is 11.7. The molecule has 0 amide bonds. The average Bonchev–Trinajstić information content (AvgIpc) is 2.63. The van der Waals surface area contributed by atoms with Crippen molar-refractivity contribution < 1.29 is 0 Å². The predicted octanol–water partition coefficient (Wildman–Crippen LogP) is 2.71. The van der Waals surface area contributed by atoms with Gasteiger partial charge < -0.3 is 5.73 Å². The lowest BCUT2D eigenvalue weighted by Crippen LogP contribution is -2.20. The van der Waals surface area contributed by atoms with E-state index in [0.717, 1.165) is 13.1 Å². The topological polar surface area (TPSA) is 29.3 Å². The van der Waals surface area contributed by atoms with Crippen LogP contribution in [0.25, 0.3) is 0 Å². The number of halogens is 1. The Bertz CT molecular complexity index is 378. The Morgan fingerprint density at radius 3 is 2.88 bits per heavy atom. The zero-order valence-corrected chi connectivity index (χ0v) is 11.5. The maximum Gasteiger partial charge on any atom is 0.0360 e. The second-order valence-electron chi connectivity index (χ2n) is 4.82. The predicted molar refractivity (Wildman–Crippen MR) is 71.4 cm³/mol. The molecular formula is C13H19BrN2. The third-order valence-corrected chi connectivity index (χ3v) is 4.20. The van der Waals surface area contributed by atoms with Crippen molar-refractivity contribution in [1.29, 1.82) is 0 Å². The van der Waals surface area contributed by atoms with Gasteiger partial charge in [-0.3, -0.25) is 4.90 Å². The first-order chi connectivity index (χ1) is 7.61. The molecule has 0 saturated carbocycles. The molecule has 3 heteroatoms. The van der Waals surface area contributed by atoms with Crippen LogP contribution >= 0.6 is 15.9 Å². The summed E-state index contributed by atoms with van der Waals surface area (Å²) in [5.74, 6) is 0.641. The second kappa shape index (κ2) is 4.86. The van der Waals surface area contributed by atoms with E-state index >= 15 is 0 Å². The van der Waals surface area contributed by atoms with Crippen molar-refractivity contribution in [3.05, 3.63) is 33.8 Å². The molecule has 2 unspecified atom stereocenters. The van der Waals surface area contributed by atoms with Crippen molar-refractivity contribution in [3.63, 3.8) is 0 Å². The molecule has 1 aliphatic rings. The SMILES string of the molecule is Cc1ccc(Br)c(C2CC(CN)CN2C)c1. The van der Waals surface area contributed by atoms with Gasteiger partial charge in [0.05, 0.1) is 0 Å². The third kappa shape index (κ3) is 2.31. The fraction of sp³-hybridized carbons (Fsp3) is 0.538. The van der Waals surface area contributed by atoms with Gasteiger partial charge in [-0.2, -0.15) is 0 Å². The van der Waals surface area contributed by atoms with Gasteiger partial charge in [-0.1, -0.05) is 33.6 Å². The Balaban J connectivity index is 2.27. The van der Waals surface area contributed by atoms with Crippen molar-refractivity contribution >= 4 is 15.9 Å². The number of hydrogen-bond acceptors (Lipinski definition) is 2. The van der Waals surface area contributed by atoms with Crippen LogP contribution in [-0.4, -0.2) is 25.0 Å². The monoisotopic (exact) mass is 282 g/mol. The Labute approximate surface area is 106 Å². The average molecular weight is 283 g/mol. The first kappa shape index (κ1) is 12.1. The lowest BCUT2D eigenvalue weighted by molar-refractivity contribution is 0.313. The molecule has 2 atom stereocenters. The van der Waals surface area contributed by atoms with Gasteiger partial charge in [0.1, 0.15) is 0 Å². The first-order valence-corrected chi connectivity index (χ1v) is 6.57. The Kier molecular flexibility index (Phi) is 3.67. The Morgan fingerprint density at radius 1 is 1.50 bits per heavy atom. The number of aryl methyl sites for hydroxylation is 1. The molecule has 2 rings (SSSR count). The van der Waals surface area contributed by atoms with E-state index in [1.165, 1.54) is 22.0 Å². The van der Waals surface area contributed by atoms with E-state index in [2.05, 4.69) is 53.0 Å². The van der Waals surface area contributed by atoms with Gasteiger partial charge in [0.15, 0.2) is 0 Å². The summed E-state index contributed by atoms with van der Waals surface area (Å²) in [4.78, 5) is 2.41. The van der Waals surface area contributed by atoms with Crippen LogP contribution in [0.5, 0.6) is 0 Å². The largest absolute Gasteiger partial charge is 0.330 e. The lowest BCUT2D eigenvalue weighted by Gasteiger charge is -2.21. The lowest BCUT2D eigenvalue weighted by atomic mass is 9.99. The van der Waals surface area contributed by atoms with Gasteiger partial charge in [-0.15, -0.1) is 0 Å². The highest BCUT2D eigenvalue weighted by molar-refractivity contribution is 9.10. The van der Waals surface area contributed by atoms with Gasteiger partial charge in [-0.25, -0.2) is 0 Å². The molecule has 1 fully saturated rings. The molecule has 2 nitrogen and oxygen atoms in total. The number of hydrogen-bond donors (Lipinski definition) is 1. The number of likely N-dealkylation sites (tertiary alicyclic amines) is 1. The van der Waals surface area contributed by atoms with Crippen molar-refractivity contribution in [1.82, 2.24) is 4.90 Å². The molecule has 1 aromatic rings. The van der Waals surface area contributed by atoms with Crippen LogP contribution < -0.4 is 5.73 Å². The van der Waals surface area contributed by atoms with Gasteiger partial charge in [0.2, 0.25) is 0 Å². The zero-order valence-electron chi connectivity index (χ0n) is 9.91. The number of nitrogens with zero attached hydrogens (tertiary/aromatic N) is 1. The summed E-state index contributed by atoms with van der Waals surface area (Å²) in [6, 6.07) is 7.09. The minimum absolute atomic E-state index is 0.517. The summed E-state index contributed by atoms with van der Waals surface area (Å²) in [6.07, 6.45) is 1.18. The number of rotatable bonds is 2. The molecule has 0 radical (unpaired) electrons. The van der Waals surface area contributed by atoms with Gasteiger partial charge in [0, 0.05) is 17.1 Å². The van der Waals surface area contributed by atoms with Gasteiger partial charge in [-0.05, 0) is 44.5 Å². The van der Waals surface area contributed by atoms with Crippen molar-refractivity contribution in [3.8, 4) is 0 Å². The summed E-state index contributed by atoms with van der Waals surface area (Å²) in [7, 11) is 2.19. The highest BCUT2D eigenvalue weighted by Gasteiger charge is 2.30. The minimum Gasteiger partial charge on any atom is -0.330 e. The van der Waals surface area contributed by atoms with Crippen molar-refractivity contribution in [2.75, 3.05) is 20.1 Å². The van der Waals surface area contributed by atoms with Gasteiger partial charge >= 0.3 is 0 Å². The van der Waals surface area contributed by atoms with Crippen LogP contribution in [0.15, 0.2) is 22.7 Å². The molecule has 1 saturated heterocycles. The van der Waals surface area contributed by atoms with Crippen molar-refractivity contribution in [2.45, 2.75) is 19.4 Å². The Morgan fingerprint density at radius 2 is 2.25 bits per heavy atom. The summed E-state index contributed by atoms with van der Waals surface area (Å²) < 4.78 is 1.22. The Hall–Kier alpha value is -0.380. The summed E-state index contributed by atoms with van der Waals surface area (Å²) in [6.45, 7) is 4.05. The molecule has 0 aromatic heterocycles. The molecule has 0 aliphatic carbocycles. The van der Waals surface area contributed by atoms with E-state index in [9.17, 15) is 0 Å². The maximum atomic E-state index is 5.77. The van der Waals surface area contributed by atoms with Gasteiger partial charge in [0.25, 0.3) is 0 Å². The molecule has 88 valence electrons. The van der Waals surface area contributed by atoms with E-state index in [1.54, 1.807) is 0 Å². The number of nitrogens with two attached hydrogens (primary N) is 1. The minimum atomic E-state index is 0.517. The van der Waals surface area contributed by atoms with E-state index in [4.69, 9.17) is 5.73 Å². The van der Waals surface area contributed by atoms with E-state index in [1.807, 2.05) is 0 Å². The molecule has 2 N–H and O–H groups in total. The molecule has 16 heavy (non-hydrogen) atoms. The second-order valence-corrected chi connectivity index (χ2v) is 5.67. The highest BCUT2D eigenvalue weighted by Crippen LogP contribution is 2.37. The smallest absolute Gasteiger partial charge is 0.0360 e. The van der Waals surface area contributed by atoms with Crippen LogP contribution in [0, 0.1) is 12.8 Å². The van der Waals surface area contributed by atoms with Crippen LogP contribution in [0.1, 0.15) is 23.6 Å². The van der Waals surface area contributed by atoms with E-state index < -0.39 is 0 Å². The molecule has 0 bridgehead atoms. The quantitative estimate of drug-likeness (QED) is 0.904. The van der Waals surface area contributed by atoms with E-state index in [0.29, 0.717) is 12.0 Å². The van der Waals surface area contributed by atoms with Crippen molar-refractivity contribution in [2.24, 2.45) is 11.7 Å². The maximum absolute atomic E-state index is 5.77. The van der Waals surface area contributed by atoms with Crippen LogP contribution in [0.2, 0.25) is 0 Å². The fourth-order valence-electron chi connectivity index (χ4n) is 2.56. The van der Waals surface area contributed by atoms with E-state index in [-0.39, 0.29) is 0 Å². The summed E-state index contributed by atoms with van der Waals surface area (Å²) >= 11 is 3.65. The van der Waals surface area contributed by atoms with Crippen LogP contribution in [0.3, 0.4) is 0 Å². The highest BCUT2D eigenvalue weighted by atomic mass is 79.9.